The molecule has 0 aliphatic carbocycles. The normalized spacial score (nSPS) is 11.4. The molecule has 0 saturated heterocycles. The van der Waals surface area contributed by atoms with Gasteiger partial charge in [0, 0.05) is 5.69 Å². The predicted octanol–water partition coefficient (Wildman–Crippen LogP) is 4.22. The van der Waals surface area contributed by atoms with Crippen LogP contribution in [0.25, 0.3) is 0 Å². The van der Waals surface area contributed by atoms with E-state index in [-0.39, 0.29) is 24.5 Å². The number of nitrogens with zero attached hydrogens (tertiary/aromatic N) is 3. The summed E-state index contributed by atoms with van der Waals surface area (Å²) >= 11 is 0. The number of nitrogens with one attached hydrogen (secondary N) is 1. The number of anilines is 2. The third-order valence-corrected chi connectivity index (χ3v) is 6.72. The molecule has 4 rings (SSSR count). The molecule has 10 heteroatoms. The highest BCUT2D eigenvalue weighted by atomic mass is 32.2. The van der Waals surface area contributed by atoms with Crippen molar-refractivity contribution in [3.8, 4) is 0 Å². The number of carbonyl (C=O) groups excluding carboxylic acids is 1. The van der Waals surface area contributed by atoms with Gasteiger partial charge in [0.2, 0.25) is 15.0 Å². The van der Waals surface area contributed by atoms with Gasteiger partial charge in [-0.05, 0) is 42.8 Å². The molecule has 34 heavy (non-hydrogen) atoms. The Hall–Kier alpha value is -3.92. The van der Waals surface area contributed by atoms with Gasteiger partial charge in [-0.15, -0.1) is 0 Å². The van der Waals surface area contributed by atoms with Crippen molar-refractivity contribution in [3.05, 3.63) is 90.0 Å². The van der Waals surface area contributed by atoms with E-state index in [0.717, 1.165) is 5.56 Å². The van der Waals surface area contributed by atoms with Crippen LogP contribution in [0.1, 0.15) is 34.5 Å². The van der Waals surface area contributed by atoms with Gasteiger partial charge in [0.25, 0.3) is 5.91 Å². The standard InChI is InChI=1S/C24H24N4O5S/c1-3-34(30,31)24-25-14-21(22(27-24)23(29)26-20-11-5-4-8-17(20)2)28(15-18-9-6-12-32-18)16-19-10-7-13-33-19/h4-14H,3,15-16H2,1-2H3,(H,26,29). The first kappa shape index (κ1) is 23.2. The Bertz CT molecular complexity index is 1330. The van der Waals surface area contributed by atoms with Crippen molar-refractivity contribution < 1.29 is 22.0 Å². The first-order chi connectivity index (χ1) is 16.4. The molecular weight excluding hydrogens is 456 g/mol. The molecule has 0 atom stereocenters. The number of hydrogen-bond donors (Lipinski definition) is 1. The van der Waals surface area contributed by atoms with E-state index in [4.69, 9.17) is 8.83 Å². The van der Waals surface area contributed by atoms with Crippen LogP contribution >= 0.6 is 0 Å². The smallest absolute Gasteiger partial charge is 0.276 e. The van der Waals surface area contributed by atoms with E-state index < -0.39 is 20.9 Å². The van der Waals surface area contributed by atoms with E-state index in [1.54, 1.807) is 53.8 Å². The lowest BCUT2D eigenvalue weighted by molar-refractivity contribution is 0.102. The number of carbonyl (C=O) groups is 1. The van der Waals surface area contributed by atoms with E-state index >= 15 is 0 Å². The lowest BCUT2D eigenvalue weighted by Crippen LogP contribution is -2.27. The molecule has 1 aromatic carbocycles. The number of amides is 1. The largest absolute Gasteiger partial charge is 0.467 e. The maximum Gasteiger partial charge on any atom is 0.276 e. The Morgan fingerprint density at radius 1 is 1.00 bits per heavy atom. The van der Waals surface area contributed by atoms with Crippen molar-refractivity contribution in [2.45, 2.75) is 32.1 Å². The maximum atomic E-state index is 13.4. The van der Waals surface area contributed by atoms with Crippen molar-refractivity contribution in [1.82, 2.24) is 9.97 Å². The molecule has 0 aliphatic rings. The molecule has 0 bridgehead atoms. The van der Waals surface area contributed by atoms with E-state index in [1.807, 2.05) is 19.1 Å². The molecule has 3 aromatic heterocycles. The predicted molar refractivity (Wildman–Crippen MR) is 126 cm³/mol. The zero-order chi connectivity index (χ0) is 24.1. The zero-order valence-corrected chi connectivity index (χ0v) is 19.6. The van der Waals surface area contributed by atoms with Crippen LogP contribution in [0.4, 0.5) is 11.4 Å². The summed E-state index contributed by atoms with van der Waals surface area (Å²) in [6.45, 7) is 3.92. The van der Waals surface area contributed by atoms with Crippen molar-refractivity contribution >= 4 is 27.1 Å². The first-order valence-electron chi connectivity index (χ1n) is 10.6. The molecule has 0 saturated carbocycles. The van der Waals surface area contributed by atoms with Crippen molar-refractivity contribution in [3.63, 3.8) is 0 Å². The molecule has 0 spiro atoms. The number of sulfone groups is 1. The van der Waals surface area contributed by atoms with Crippen molar-refractivity contribution in [2.24, 2.45) is 0 Å². The summed E-state index contributed by atoms with van der Waals surface area (Å²) < 4.78 is 36.0. The van der Waals surface area contributed by atoms with Crippen LogP contribution in [0.5, 0.6) is 0 Å². The minimum absolute atomic E-state index is 0.0663. The lowest BCUT2D eigenvalue weighted by Gasteiger charge is -2.24. The monoisotopic (exact) mass is 480 g/mol. The molecule has 176 valence electrons. The molecule has 1 amide bonds. The maximum absolute atomic E-state index is 13.4. The van der Waals surface area contributed by atoms with Crippen LogP contribution in [0, 0.1) is 6.92 Å². The summed E-state index contributed by atoms with van der Waals surface area (Å²) in [5.41, 5.74) is 1.73. The summed E-state index contributed by atoms with van der Waals surface area (Å²) in [5, 5.41) is 2.44. The number of rotatable bonds is 9. The summed E-state index contributed by atoms with van der Waals surface area (Å²) in [4.78, 5) is 23.5. The van der Waals surface area contributed by atoms with Gasteiger partial charge in [-0.1, -0.05) is 25.1 Å². The number of aromatic nitrogens is 2. The van der Waals surface area contributed by atoms with E-state index in [0.29, 0.717) is 22.9 Å². The topological polar surface area (TPSA) is 119 Å². The zero-order valence-electron chi connectivity index (χ0n) is 18.8. The van der Waals surface area contributed by atoms with Crippen molar-refractivity contribution in [2.75, 3.05) is 16.0 Å². The number of hydrogen-bond acceptors (Lipinski definition) is 8. The van der Waals surface area contributed by atoms with Crippen LogP contribution in [0.2, 0.25) is 0 Å². The molecule has 0 aliphatic heterocycles. The van der Waals surface area contributed by atoms with Gasteiger partial charge in [-0.3, -0.25) is 4.79 Å². The Morgan fingerprint density at radius 3 is 2.21 bits per heavy atom. The average Bonchev–Trinajstić information content (AvgIpc) is 3.54. The third-order valence-electron chi connectivity index (χ3n) is 5.21. The highest BCUT2D eigenvalue weighted by Gasteiger charge is 2.26. The molecule has 4 aromatic rings. The summed E-state index contributed by atoms with van der Waals surface area (Å²) in [6.07, 6.45) is 4.47. The van der Waals surface area contributed by atoms with E-state index in [9.17, 15) is 13.2 Å². The second-order valence-electron chi connectivity index (χ2n) is 7.57. The second-order valence-corrected chi connectivity index (χ2v) is 9.75. The van der Waals surface area contributed by atoms with Gasteiger partial charge >= 0.3 is 0 Å². The number of aryl methyl sites for hydroxylation is 1. The van der Waals surface area contributed by atoms with Gasteiger partial charge in [0.05, 0.1) is 43.3 Å². The van der Waals surface area contributed by atoms with Crippen LogP contribution in [-0.4, -0.2) is 30.0 Å². The molecule has 9 nitrogen and oxygen atoms in total. The van der Waals surface area contributed by atoms with Crippen LogP contribution in [-0.2, 0) is 22.9 Å². The second kappa shape index (κ2) is 9.92. The van der Waals surface area contributed by atoms with E-state index in [1.165, 1.54) is 13.1 Å². The quantitative estimate of drug-likeness (QED) is 0.354. The lowest BCUT2D eigenvalue weighted by atomic mass is 10.2. The number of para-hydroxylation sites is 1. The molecule has 1 N–H and O–H groups in total. The van der Waals surface area contributed by atoms with Crippen LogP contribution in [0.15, 0.2) is 81.2 Å². The minimum Gasteiger partial charge on any atom is -0.467 e. The van der Waals surface area contributed by atoms with Gasteiger partial charge in [0.15, 0.2) is 5.69 Å². The minimum atomic E-state index is -3.74. The molecule has 3 heterocycles. The van der Waals surface area contributed by atoms with Crippen LogP contribution in [0.3, 0.4) is 0 Å². The number of benzene rings is 1. The highest BCUT2D eigenvalue weighted by Crippen LogP contribution is 2.26. The van der Waals surface area contributed by atoms with Gasteiger partial charge in [-0.25, -0.2) is 18.4 Å². The van der Waals surface area contributed by atoms with Gasteiger partial charge in [0.1, 0.15) is 11.5 Å². The Balaban J connectivity index is 1.79. The average molecular weight is 481 g/mol. The third kappa shape index (κ3) is 5.18. The highest BCUT2D eigenvalue weighted by molar-refractivity contribution is 7.91. The van der Waals surface area contributed by atoms with Gasteiger partial charge < -0.3 is 19.1 Å². The summed E-state index contributed by atoms with van der Waals surface area (Å²) in [6, 6.07) is 14.4. The molecule has 0 fully saturated rings. The summed E-state index contributed by atoms with van der Waals surface area (Å²) in [5.74, 6) is 0.542. The Labute approximate surface area is 197 Å². The molecule has 0 unspecified atom stereocenters. The first-order valence-corrected chi connectivity index (χ1v) is 12.3. The Kier molecular flexibility index (Phi) is 6.78. The summed E-state index contributed by atoms with van der Waals surface area (Å²) in [7, 11) is -3.74. The fraction of sp³-hybridized carbons (Fsp3) is 0.208. The molecule has 0 radical (unpaired) electrons. The fourth-order valence-corrected chi connectivity index (χ4v) is 4.04. The fourth-order valence-electron chi connectivity index (χ4n) is 3.34. The van der Waals surface area contributed by atoms with E-state index in [2.05, 4.69) is 15.3 Å². The Morgan fingerprint density at radius 2 is 1.65 bits per heavy atom. The SMILES string of the molecule is CCS(=O)(=O)c1ncc(N(Cc2ccco2)Cc2ccco2)c(C(=O)Nc2ccccc2C)n1. The van der Waals surface area contributed by atoms with Crippen molar-refractivity contribution in [1.29, 1.82) is 0 Å². The number of furan rings is 2. The molecular formula is C24H24N4O5S. The van der Waals surface area contributed by atoms with Gasteiger partial charge in [-0.2, -0.15) is 0 Å². The van der Waals surface area contributed by atoms with Crippen LogP contribution < -0.4 is 10.2 Å².